The molecular formula is C35H39Hf. The van der Waals surface area contributed by atoms with Crippen molar-refractivity contribution in [2.45, 2.75) is 67.1 Å². The fraction of sp³-hybridized carbons (Fsp3) is 0.314. The van der Waals surface area contributed by atoms with Gasteiger partial charge in [-0.2, -0.15) is 0 Å². The molecule has 36 heavy (non-hydrogen) atoms. The summed E-state index contributed by atoms with van der Waals surface area (Å²) < 4.78 is 4.33. The van der Waals surface area contributed by atoms with Crippen LogP contribution in [0.5, 0.6) is 0 Å². The van der Waals surface area contributed by atoms with Crippen LogP contribution in [-0.4, -0.2) is 0 Å². The van der Waals surface area contributed by atoms with E-state index in [2.05, 4.69) is 133 Å². The first-order valence-corrected chi connectivity index (χ1v) is 20.2. The van der Waals surface area contributed by atoms with E-state index in [9.17, 15) is 0 Å². The Balaban J connectivity index is 1.67. The minimum absolute atomic E-state index is 0.138. The third kappa shape index (κ3) is 5.23. The molecular weight excluding hydrogens is 599 g/mol. The van der Waals surface area contributed by atoms with Crippen LogP contribution < -0.4 is 3.32 Å². The van der Waals surface area contributed by atoms with Crippen molar-refractivity contribution in [3.63, 3.8) is 0 Å². The first-order valence-electron chi connectivity index (χ1n) is 13.3. The molecule has 5 rings (SSSR count). The van der Waals surface area contributed by atoms with Crippen LogP contribution in [0.2, 0.25) is 0 Å². The Kier molecular flexibility index (Phi) is 6.98. The second-order valence-electron chi connectivity index (χ2n) is 12.5. The predicted octanol–water partition coefficient (Wildman–Crippen LogP) is 8.50. The molecule has 0 N–H and O–H groups in total. The molecule has 0 amide bonds. The summed E-state index contributed by atoms with van der Waals surface area (Å²) in [5, 5.41) is 0. The summed E-state index contributed by atoms with van der Waals surface area (Å²) in [6.45, 7) is 14.2. The van der Waals surface area contributed by atoms with E-state index in [1.807, 2.05) is 0 Å². The summed E-state index contributed by atoms with van der Waals surface area (Å²) in [5.41, 5.74) is 12.5. The topological polar surface area (TPSA) is 0 Å². The van der Waals surface area contributed by atoms with Crippen LogP contribution in [0.4, 0.5) is 0 Å². The quantitative estimate of drug-likeness (QED) is 0.170. The monoisotopic (exact) mass is 639 g/mol. The van der Waals surface area contributed by atoms with Gasteiger partial charge in [0, 0.05) is 0 Å². The summed E-state index contributed by atoms with van der Waals surface area (Å²) in [6.07, 6.45) is 1.09. The molecule has 0 spiro atoms. The average molecular weight is 638 g/mol. The molecule has 1 aliphatic rings. The summed E-state index contributed by atoms with van der Waals surface area (Å²) in [6, 6.07) is 34.7. The van der Waals surface area contributed by atoms with Crippen molar-refractivity contribution in [2.24, 2.45) is 0 Å². The zero-order chi connectivity index (χ0) is 25.5. The van der Waals surface area contributed by atoms with Gasteiger partial charge in [-0.15, -0.1) is 0 Å². The maximum absolute atomic E-state index is 2.50. The van der Waals surface area contributed by atoms with Crippen LogP contribution in [0.1, 0.15) is 74.9 Å². The number of hydrogen-bond donors (Lipinski definition) is 0. The SMILES string of the molecule is CC(C)(C)c1ccc2c(c1)Cc1c-2ccc(C(C)(C)C)[c]1[Hf]([CH2]c1ccccc1)[CH2]c1ccccc1. The van der Waals surface area contributed by atoms with Gasteiger partial charge in [-0.25, -0.2) is 0 Å². The summed E-state index contributed by atoms with van der Waals surface area (Å²) in [7, 11) is 0. The Morgan fingerprint density at radius 2 is 1.17 bits per heavy atom. The van der Waals surface area contributed by atoms with Crippen LogP contribution in [0, 0.1) is 0 Å². The van der Waals surface area contributed by atoms with E-state index in [1.54, 1.807) is 14.4 Å². The van der Waals surface area contributed by atoms with E-state index in [1.165, 1.54) is 41.7 Å². The van der Waals surface area contributed by atoms with Gasteiger partial charge in [0.15, 0.2) is 0 Å². The molecule has 4 aromatic carbocycles. The normalized spacial score (nSPS) is 12.8. The first kappa shape index (κ1) is 25.4. The summed E-state index contributed by atoms with van der Waals surface area (Å²) >= 11 is -2.38. The Bertz CT molecular complexity index is 1310. The Hall–Kier alpha value is -2.25. The fourth-order valence-electron chi connectivity index (χ4n) is 5.70. The third-order valence-electron chi connectivity index (χ3n) is 7.62. The van der Waals surface area contributed by atoms with Gasteiger partial charge in [0.25, 0.3) is 0 Å². The van der Waals surface area contributed by atoms with E-state index in [-0.39, 0.29) is 10.8 Å². The van der Waals surface area contributed by atoms with Gasteiger partial charge >= 0.3 is 227 Å². The minimum atomic E-state index is -2.38. The van der Waals surface area contributed by atoms with E-state index in [0.29, 0.717) is 0 Å². The standard InChI is InChI=1S/C21H25.2C7H7.Hf/c1-20(2,3)16-7-9-18-14(12-16)11-15-13-17(21(4,5)6)8-10-19(15)18;2*1-7-5-3-2-4-6-7;/h7-10,12H,11H2,1-6H3;2*2-6H,1H2;. The van der Waals surface area contributed by atoms with Crippen LogP contribution in [0.15, 0.2) is 91.0 Å². The van der Waals surface area contributed by atoms with E-state index in [0.717, 1.165) is 6.42 Å². The first-order chi connectivity index (χ1) is 17.1. The van der Waals surface area contributed by atoms with Crippen molar-refractivity contribution in [1.82, 2.24) is 0 Å². The van der Waals surface area contributed by atoms with Crippen molar-refractivity contribution in [1.29, 1.82) is 0 Å². The second kappa shape index (κ2) is 9.90. The number of hydrogen-bond acceptors (Lipinski definition) is 0. The zero-order valence-corrected chi connectivity index (χ0v) is 26.4. The summed E-state index contributed by atoms with van der Waals surface area (Å²) in [5.74, 6) is 0. The number of fused-ring (bicyclic) bond motifs is 3. The number of rotatable bonds is 5. The molecule has 0 saturated heterocycles. The van der Waals surface area contributed by atoms with E-state index < -0.39 is 21.4 Å². The third-order valence-corrected chi connectivity index (χ3v) is 18.2. The zero-order valence-electron chi connectivity index (χ0n) is 22.8. The Morgan fingerprint density at radius 1 is 0.611 bits per heavy atom. The van der Waals surface area contributed by atoms with Gasteiger partial charge < -0.3 is 0 Å². The number of benzene rings is 4. The van der Waals surface area contributed by atoms with Gasteiger partial charge in [-0.1, -0.05) is 0 Å². The fourth-order valence-corrected chi connectivity index (χ4v) is 18.0. The average Bonchev–Trinajstić information content (AvgIpc) is 3.21. The van der Waals surface area contributed by atoms with Crippen molar-refractivity contribution in [2.75, 3.05) is 0 Å². The van der Waals surface area contributed by atoms with Crippen molar-refractivity contribution in [3.8, 4) is 11.1 Å². The maximum atomic E-state index is 2.50. The van der Waals surface area contributed by atoms with Crippen LogP contribution in [0.25, 0.3) is 11.1 Å². The molecule has 0 unspecified atom stereocenters. The Morgan fingerprint density at radius 3 is 1.69 bits per heavy atom. The van der Waals surface area contributed by atoms with Gasteiger partial charge in [0.2, 0.25) is 0 Å². The van der Waals surface area contributed by atoms with Gasteiger partial charge in [-0.05, 0) is 0 Å². The van der Waals surface area contributed by atoms with Crippen molar-refractivity contribution in [3.05, 3.63) is 124 Å². The molecule has 0 saturated carbocycles. The van der Waals surface area contributed by atoms with Gasteiger partial charge in [-0.3, -0.25) is 0 Å². The Labute approximate surface area is 226 Å². The van der Waals surface area contributed by atoms with Crippen molar-refractivity contribution >= 4 is 3.32 Å². The summed E-state index contributed by atoms with van der Waals surface area (Å²) in [4.78, 5) is 0. The molecule has 4 aromatic rings. The molecule has 0 bridgehead atoms. The van der Waals surface area contributed by atoms with Crippen LogP contribution in [-0.2, 0) is 47.0 Å². The van der Waals surface area contributed by atoms with Gasteiger partial charge in [0.05, 0.1) is 0 Å². The molecule has 0 radical (unpaired) electrons. The van der Waals surface area contributed by atoms with Crippen molar-refractivity contribution < 1.29 is 21.4 Å². The van der Waals surface area contributed by atoms with E-state index >= 15 is 0 Å². The molecule has 1 aliphatic carbocycles. The molecule has 183 valence electrons. The molecule has 0 heterocycles. The van der Waals surface area contributed by atoms with Crippen LogP contribution >= 0.6 is 0 Å². The molecule has 0 nitrogen and oxygen atoms in total. The molecule has 0 aliphatic heterocycles. The second-order valence-corrected chi connectivity index (χ2v) is 21.2. The molecule has 0 atom stereocenters. The molecule has 0 fully saturated rings. The molecule has 0 aromatic heterocycles. The molecule has 1 heteroatoms. The predicted molar refractivity (Wildman–Crippen MR) is 152 cm³/mol. The van der Waals surface area contributed by atoms with Crippen LogP contribution in [0.3, 0.4) is 0 Å². The van der Waals surface area contributed by atoms with E-state index in [4.69, 9.17) is 0 Å². The van der Waals surface area contributed by atoms with Gasteiger partial charge in [0.1, 0.15) is 0 Å².